The molecule has 1 aliphatic carbocycles. The number of esters is 1. The highest BCUT2D eigenvalue weighted by atomic mass is 32.2. The Morgan fingerprint density at radius 3 is 2.53 bits per heavy atom. The highest BCUT2D eigenvalue weighted by molar-refractivity contribution is 7.90. The first-order valence-electron chi connectivity index (χ1n) is 5.73. The first-order valence-corrected chi connectivity index (χ1v) is 7.27. The summed E-state index contributed by atoms with van der Waals surface area (Å²) < 4.78 is 30.7. The van der Waals surface area contributed by atoms with Gasteiger partial charge in [-0.3, -0.25) is 4.79 Å². The largest absolute Gasteiger partial charge is 0.468 e. The van der Waals surface area contributed by atoms with Crippen molar-refractivity contribution in [1.82, 2.24) is 4.72 Å². The molecule has 0 saturated heterocycles. The van der Waals surface area contributed by atoms with Gasteiger partial charge in [0.2, 0.25) is 10.0 Å². The molecule has 0 aromatic carbocycles. The Morgan fingerprint density at radius 2 is 2.00 bits per heavy atom. The van der Waals surface area contributed by atoms with E-state index in [4.69, 9.17) is 5.73 Å². The summed E-state index contributed by atoms with van der Waals surface area (Å²) in [4.78, 5) is 11.2. The molecule has 1 rings (SSSR count). The third kappa shape index (κ3) is 3.65. The van der Waals surface area contributed by atoms with Gasteiger partial charge in [0.1, 0.15) is 0 Å². The zero-order valence-corrected chi connectivity index (χ0v) is 11.0. The van der Waals surface area contributed by atoms with Gasteiger partial charge in [-0.1, -0.05) is 12.8 Å². The summed E-state index contributed by atoms with van der Waals surface area (Å²) >= 11 is 0. The average molecular weight is 264 g/mol. The van der Waals surface area contributed by atoms with E-state index >= 15 is 0 Å². The molecule has 3 N–H and O–H groups in total. The number of carbonyl (C=O) groups is 1. The molecule has 0 heterocycles. The fourth-order valence-corrected chi connectivity index (χ4v) is 3.18. The molecule has 0 spiro atoms. The molecular formula is C10H20N2O4S. The topological polar surface area (TPSA) is 98.5 Å². The number of methoxy groups -OCH3 is 1. The molecule has 0 bridgehead atoms. The maximum absolute atomic E-state index is 11.9. The fourth-order valence-electron chi connectivity index (χ4n) is 1.91. The van der Waals surface area contributed by atoms with Crippen LogP contribution in [0.3, 0.4) is 0 Å². The second-order valence-corrected chi connectivity index (χ2v) is 6.42. The van der Waals surface area contributed by atoms with E-state index in [0.717, 1.165) is 19.3 Å². The minimum atomic E-state index is -3.71. The second kappa shape index (κ2) is 5.79. The molecule has 1 fully saturated rings. The molecule has 0 amide bonds. The summed E-state index contributed by atoms with van der Waals surface area (Å²) in [7, 11) is -2.54. The van der Waals surface area contributed by atoms with E-state index in [-0.39, 0.29) is 12.1 Å². The van der Waals surface area contributed by atoms with E-state index in [2.05, 4.69) is 9.46 Å². The lowest BCUT2D eigenvalue weighted by Gasteiger charge is -2.29. The Balaban J connectivity index is 2.68. The van der Waals surface area contributed by atoms with Crippen LogP contribution in [0.4, 0.5) is 0 Å². The molecule has 0 aliphatic heterocycles. The molecule has 7 heteroatoms. The quantitative estimate of drug-likeness (QED) is 0.681. The molecule has 0 radical (unpaired) electrons. The molecule has 0 aromatic heterocycles. The number of nitrogens with two attached hydrogens (primary N) is 1. The van der Waals surface area contributed by atoms with Crippen LogP contribution in [0, 0.1) is 0 Å². The van der Waals surface area contributed by atoms with Crippen molar-refractivity contribution in [2.75, 3.05) is 7.11 Å². The van der Waals surface area contributed by atoms with E-state index in [1.54, 1.807) is 0 Å². The zero-order chi connectivity index (χ0) is 13.1. The average Bonchev–Trinajstić information content (AvgIpc) is 2.30. The highest BCUT2D eigenvalue weighted by Crippen LogP contribution is 2.18. The van der Waals surface area contributed by atoms with Crippen molar-refractivity contribution in [1.29, 1.82) is 0 Å². The molecule has 0 aromatic rings. The molecule has 6 nitrogen and oxygen atoms in total. The van der Waals surface area contributed by atoms with Crippen LogP contribution in [0.2, 0.25) is 0 Å². The monoisotopic (exact) mass is 264 g/mol. The van der Waals surface area contributed by atoms with Crippen LogP contribution < -0.4 is 10.5 Å². The van der Waals surface area contributed by atoms with Crippen molar-refractivity contribution in [3.63, 3.8) is 0 Å². The Morgan fingerprint density at radius 1 is 1.41 bits per heavy atom. The lowest BCUT2D eigenvalue weighted by atomic mass is 9.92. The van der Waals surface area contributed by atoms with Gasteiger partial charge in [-0.05, 0) is 19.8 Å². The number of hydrogen-bond donors (Lipinski definition) is 2. The lowest BCUT2D eigenvalue weighted by molar-refractivity contribution is -0.139. The van der Waals surface area contributed by atoms with Gasteiger partial charge >= 0.3 is 5.97 Å². The normalized spacial score (nSPS) is 27.5. The lowest BCUT2D eigenvalue weighted by Crippen LogP contribution is -2.52. The summed E-state index contributed by atoms with van der Waals surface area (Å²) in [6.45, 7) is 1.31. The Kier molecular flexibility index (Phi) is 4.91. The van der Waals surface area contributed by atoms with Crippen LogP contribution in [0.25, 0.3) is 0 Å². The van der Waals surface area contributed by atoms with Crippen molar-refractivity contribution in [2.45, 2.75) is 49.9 Å². The maximum atomic E-state index is 11.9. The van der Waals surface area contributed by atoms with Gasteiger partial charge in [0, 0.05) is 12.1 Å². The smallest absolute Gasteiger partial charge is 0.325 e. The first kappa shape index (κ1) is 14.4. The molecule has 3 atom stereocenters. The van der Waals surface area contributed by atoms with Crippen LogP contribution in [0.15, 0.2) is 0 Å². The molecular weight excluding hydrogens is 244 g/mol. The summed E-state index contributed by atoms with van der Waals surface area (Å²) in [5.41, 5.74) is 5.85. The van der Waals surface area contributed by atoms with E-state index in [1.165, 1.54) is 14.0 Å². The van der Waals surface area contributed by atoms with E-state index in [9.17, 15) is 13.2 Å². The van der Waals surface area contributed by atoms with Crippen LogP contribution >= 0.6 is 0 Å². The Bertz CT molecular complexity index is 369. The van der Waals surface area contributed by atoms with Gasteiger partial charge in [0.25, 0.3) is 0 Å². The van der Waals surface area contributed by atoms with Crippen LogP contribution in [-0.4, -0.2) is 38.8 Å². The van der Waals surface area contributed by atoms with Crippen LogP contribution in [-0.2, 0) is 19.6 Å². The minimum absolute atomic E-state index is 0.177. The minimum Gasteiger partial charge on any atom is -0.468 e. The van der Waals surface area contributed by atoms with Gasteiger partial charge in [0.05, 0.1) is 7.11 Å². The van der Waals surface area contributed by atoms with Crippen molar-refractivity contribution in [2.24, 2.45) is 5.73 Å². The number of rotatable bonds is 4. The van der Waals surface area contributed by atoms with Crippen LogP contribution in [0.1, 0.15) is 32.6 Å². The molecule has 1 aliphatic rings. The predicted molar refractivity (Wildman–Crippen MR) is 63.8 cm³/mol. The zero-order valence-electron chi connectivity index (χ0n) is 10.2. The summed E-state index contributed by atoms with van der Waals surface area (Å²) in [6, 6.07) is -0.454. The van der Waals surface area contributed by atoms with E-state index in [1.807, 2.05) is 0 Å². The van der Waals surface area contributed by atoms with Crippen molar-refractivity contribution >= 4 is 16.0 Å². The number of nitrogens with one attached hydrogen (secondary N) is 1. The third-order valence-corrected chi connectivity index (χ3v) is 4.89. The van der Waals surface area contributed by atoms with Gasteiger partial charge in [-0.25, -0.2) is 13.1 Å². The summed E-state index contributed by atoms with van der Waals surface area (Å²) in [5.74, 6) is -0.762. The Labute approximate surface area is 102 Å². The van der Waals surface area contributed by atoms with Crippen molar-refractivity contribution < 1.29 is 17.9 Å². The second-order valence-electron chi connectivity index (χ2n) is 4.38. The standard InChI is InChI=1S/C10H20N2O4S/c1-7(10(13)16-2)17(14,15)12-9-6-4-3-5-8(9)11/h7-9,12H,3-6,11H2,1-2H3/t7?,8-,9-/m1/s1. The van der Waals surface area contributed by atoms with Gasteiger partial charge in [0.15, 0.2) is 5.25 Å². The molecule has 17 heavy (non-hydrogen) atoms. The third-order valence-electron chi connectivity index (χ3n) is 3.13. The highest BCUT2D eigenvalue weighted by Gasteiger charge is 2.33. The molecule has 1 saturated carbocycles. The number of ether oxygens (including phenoxy) is 1. The van der Waals surface area contributed by atoms with E-state index < -0.39 is 21.2 Å². The molecule has 100 valence electrons. The fraction of sp³-hybridized carbons (Fsp3) is 0.900. The summed E-state index contributed by atoms with van der Waals surface area (Å²) in [6.07, 6.45) is 3.49. The van der Waals surface area contributed by atoms with Gasteiger partial charge in [-0.15, -0.1) is 0 Å². The number of hydrogen-bond acceptors (Lipinski definition) is 5. The molecule has 1 unspecified atom stereocenters. The summed E-state index contributed by atoms with van der Waals surface area (Å²) in [5, 5.41) is -1.21. The first-order chi connectivity index (χ1) is 7.88. The van der Waals surface area contributed by atoms with Crippen molar-refractivity contribution in [3.05, 3.63) is 0 Å². The maximum Gasteiger partial charge on any atom is 0.325 e. The number of sulfonamides is 1. The van der Waals surface area contributed by atoms with Crippen LogP contribution in [0.5, 0.6) is 0 Å². The number of carbonyl (C=O) groups excluding carboxylic acids is 1. The van der Waals surface area contributed by atoms with Gasteiger partial charge < -0.3 is 10.5 Å². The van der Waals surface area contributed by atoms with Gasteiger partial charge in [-0.2, -0.15) is 0 Å². The van der Waals surface area contributed by atoms with E-state index in [0.29, 0.717) is 6.42 Å². The van der Waals surface area contributed by atoms with Crippen molar-refractivity contribution in [3.8, 4) is 0 Å². The predicted octanol–water partition coefficient (Wildman–Crippen LogP) is -0.263. The SMILES string of the molecule is COC(=O)C(C)S(=O)(=O)N[C@@H]1CCCC[C@H]1N. The Hall–Kier alpha value is -0.660.